The van der Waals surface area contributed by atoms with Gasteiger partial charge in [0.2, 0.25) is 11.8 Å². The normalized spacial score (nSPS) is 15.3. The van der Waals surface area contributed by atoms with Crippen molar-refractivity contribution in [3.8, 4) is 0 Å². The Kier molecular flexibility index (Phi) is 5.08. The number of fused-ring (bicyclic) bond motifs is 1. The minimum Gasteiger partial charge on any atom is -0.351 e. The van der Waals surface area contributed by atoms with Gasteiger partial charge in [0.05, 0.1) is 11.3 Å². The van der Waals surface area contributed by atoms with Crippen molar-refractivity contribution in [3.05, 3.63) is 45.8 Å². The highest BCUT2D eigenvalue weighted by atomic mass is 32.1. The van der Waals surface area contributed by atoms with Crippen molar-refractivity contribution in [2.24, 2.45) is 5.73 Å². The van der Waals surface area contributed by atoms with Crippen LogP contribution in [0.25, 0.3) is 0 Å². The SMILES string of the molecule is NC(=O)NC(=O)c1c(NC(=O)c2ccc(N3C(=O)CCC3=O)cc2)sc2c1CCC2. The molecule has 10 heteroatoms. The second kappa shape index (κ2) is 7.71. The lowest BCUT2D eigenvalue weighted by atomic mass is 10.1. The number of thiophene rings is 1. The van der Waals surface area contributed by atoms with Crippen LogP contribution in [0.2, 0.25) is 0 Å². The quantitative estimate of drug-likeness (QED) is 0.642. The average molecular weight is 426 g/mol. The molecule has 4 rings (SSSR count). The van der Waals surface area contributed by atoms with E-state index in [0.29, 0.717) is 22.7 Å². The highest BCUT2D eigenvalue weighted by Crippen LogP contribution is 2.39. The number of nitrogens with zero attached hydrogens (tertiary/aromatic N) is 1. The van der Waals surface area contributed by atoms with Gasteiger partial charge >= 0.3 is 6.03 Å². The Hall–Kier alpha value is -3.53. The molecule has 2 aliphatic rings. The Balaban J connectivity index is 1.56. The first-order valence-electron chi connectivity index (χ1n) is 9.37. The van der Waals surface area contributed by atoms with Gasteiger partial charge in [-0.1, -0.05) is 0 Å². The van der Waals surface area contributed by atoms with Gasteiger partial charge in [0.1, 0.15) is 5.00 Å². The number of imide groups is 2. The molecule has 0 saturated carbocycles. The zero-order valence-electron chi connectivity index (χ0n) is 15.8. The maximum Gasteiger partial charge on any atom is 0.319 e. The van der Waals surface area contributed by atoms with Gasteiger partial charge in [-0.2, -0.15) is 0 Å². The number of carbonyl (C=O) groups is 5. The van der Waals surface area contributed by atoms with Crippen LogP contribution in [-0.2, 0) is 22.4 Å². The Labute approximate surface area is 175 Å². The molecule has 9 nitrogen and oxygen atoms in total. The Bertz CT molecular complexity index is 1070. The van der Waals surface area contributed by atoms with Crippen molar-refractivity contribution in [1.29, 1.82) is 0 Å². The summed E-state index contributed by atoms with van der Waals surface area (Å²) in [7, 11) is 0. The average Bonchev–Trinajstić information content (AvgIpc) is 3.36. The molecule has 0 atom stereocenters. The summed E-state index contributed by atoms with van der Waals surface area (Å²) < 4.78 is 0. The molecule has 6 amide bonds. The number of nitrogens with two attached hydrogens (primary N) is 1. The molecule has 1 aromatic carbocycles. The van der Waals surface area contributed by atoms with Crippen LogP contribution in [0.15, 0.2) is 24.3 Å². The van der Waals surface area contributed by atoms with Crippen LogP contribution in [0, 0.1) is 0 Å². The van der Waals surface area contributed by atoms with Crippen LogP contribution in [0.5, 0.6) is 0 Å². The summed E-state index contributed by atoms with van der Waals surface area (Å²) in [5.74, 6) is -1.63. The van der Waals surface area contributed by atoms with E-state index in [1.54, 1.807) is 0 Å². The molecule has 2 aromatic rings. The molecule has 1 aliphatic carbocycles. The number of hydrogen-bond acceptors (Lipinski definition) is 6. The molecular formula is C20H18N4O5S. The first-order valence-corrected chi connectivity index (χ1v) is 10.2. The van der Waals surface area contributed by atoms with E-state index in [0.717, 1.165) is 28.2 Å². The van der Waals surface area contributed by atoms with Crippen LogP contribution in [-0.4, -0.2) is 29.7 Å². The fourth-order valence-electron chi connectivity index (χ4n) is 3.71. The Morgan fingerprint density at radius 3 is 2.23 bits per heavy atom. The summed E-state index contributed by atoms with van der Waals surface area (Å²) in [6.45, 7) is 0. The molecule has 0 bridgehead atoms. The summed E-state index contributed by atoms with van der Waals surface area (Å²) in [4.78, 5) is 62.1. The molecule has 0 spiro atoms. The van der Waals surface area contributed by atoms with Gasteiger partial charge in [-0.25, -0.2) is 4.79 Å². The first-order chi connectivity index (χ1) is 14.3. The largest absolute Gasteiger partial charge is 0.351 e. The summed E-state index contributed by atoms with van der Waals surface area (Å²) >= 11 is 1.31. The fraction of sp³-hybridized carbons (Fsp3) is 0.250. The number of benzene rings is 1. The van der Waals surface area contributed by atoms with E-state index in [4.69, 9.17) is 5.73 Å². The fourth-order valence-corrected chi connectivity index (χ4v) is 4.99. The summed E-state index contributed by atoms with van der Waals surface area (Å²) in [6, 6.07) is 5.12. The molecule has 4 N–H and O–H groups in total. The van der Waals surface area contributed by atoms with Gasteiger partial charge in [0, 0.05) is 23.3 Å². The molecule has 1 fully saturated rings. The predicted octanol–water partition coefficient (Wildman–Crippen LogP) is 1.95. The third kappa shape index (κ3) is 3.57. The van der Waals surface area contributed by atoms with Crippen LogP contribution in [0.1, 0.15) is 50.4 Å². The minimum atomic E-state index is -0.961. The van der Waals surface area contributed by atoms with Crippen molar-refractivity contribution >= 4 is 51.7 Å². The lowest BCUT2D eigenvalue weighted by molar-refractivity contribution is -0.121. The predicted molar refractivity (Wildman–Crippen MR) is 110 cm³/mol. The third-order valence-electron chi connectivity index (χ3n) is 5.05. The van der Waals surface area contributed by atoms with E-state index in [1.807, 2.05) is 0 Å². The number of aryl methyl sites for hydroxylation is 1. The zero-order chi connectivity index (χ0) is 21.4. The molecule has 1 aliphatic heterocycles. The summed E-state index contributed by atoms with van der Waals surface area (Å²) in [5, 5.41) is 5.16. The number of hydrogen-bond donors (Lipinski definition) is 3. The summed E-state index contributed by atoms with van der Waals surface area (Å²) in [6.07, 6.45) is 2.76. The van der Waals surface area contributed by atoms with Gasteiger partial charge in [0.25, 0.3) is 11.8 Å². The second-order valence-corrected chi connectivity index (χ2v) is 8.11. The minimum absolute atomic E-state index is 0.181. The van der Waals surface area contributed by atoms with Gasteiger partial charge < -0.3 is 11.1 Å². The van der Waals surface area contributed by atoms with Crippen molar-refractivity contribution in [3.63, 3.8) is 0 Å². The van der Waals surface area contributed by atoms with Gasteiger partial charge in [0.15, 0.2) is 0 Å². The van der Waals surface area contributed by atoms with E-state index in [2.05, 4.69) is 10.6 Å². The maximum atomic E-state index is 12.7. The summed E-state index contributed by atoms with van der Waals surface area (Å²) in [5.41, 5.74) is 6.87. The van der Waals surface area contributed by atoms with E-state index in [-0.39, 0.29) is 30.2 Å². The zero-order valence-corrected chi connectivity index (χ0v) is 16.6. The second-order valence-electron chi connectivity index (χ2n) is 7.00. The highest BCUT2D eigenvalue weighted by molar-refractivity contribution is 7.17. The van der Waals surface area contributed by atoms with Crippen molar-refractivity contribution in [2.75, 3.05) is 10.2 Å². The van der Waals surface area contributed by atoms with Crippen molar-refractivity contribution < 1.29 is 24.0 Å². The standard InChI is InChI=1S/C20H18N4O5S/c21-20(29)23-18(28)16-12-2-1-3-13(12)30-19(16)22-17(27)10-4-6-11(7-5-10)24-14(25)8-9-15(24)26/h4-7H,1-3,8-9H2,(H,22,27)(H3,21,23,28,29). The number of anilines is 2. The first kappa shape index (κ1) is 19.8. The number of amides is 6. The lowest BCUT2D eigenvalue weighted by Crippen LogP contribution is -2.35. The van der Waals surface area contributed by atoms with Gasteiger partial charge in [-0.3, -0.25) is 29.4 Å². The number of primary amides is 1. The molecule has 30 heavy (non-hydrogen) atoms. The van der Waals surface area contributed by atoms with Crippen LogP contribution >= 0.6 is 11.3 Å². The monoisotopic (exact) mass is 426 g/mol. The van der Waals surface area contributed by atoms with Gasteiger partial charge in [-0.15, -0.1) is 11.3 Å². The van der Waals surface area contributed by atoms with Gasteiger partial charge in [-0.05, 0) is 49.1 Å². The number of nitrogens with one attached hydrogen (secondary N) is 2. The molecule has 154 valence electrons. The third-order valence-corrected chi connectivity index (χ3v) is 6.26. The van der Waals surface area contributed by atoms with Crippen molar-refractivity contribution in [1.82, 2.24) is 5.32 Å². The van der Waals surface area contributed by atoms with E-state index < -0.39 is 17.8 Å². The van der Waals surface area contributed by atoms with E-state index in [9.17, 15) is 24.0 Å². The smallest absolute Gasteiger partial charge is 0.319 e. The van der Waals surface area contributed by atoms with E-state index >= 15 is 0 Å². The molecular weight excluding hydrogens is 408 g/mol. The Morgan fingerprint density at radius 2 is 1.60 bits per heavy atom. The molecule has 1 saturated heterocycles. The van der Waals surface area contributed by atoms with Crippen LogP contribution in [0.4, 0.5) is 15.5 Å². The topological polar surface area (TPSA) is 139 Å². The Morgan fingerprint density at radius 1 is 0.933 bits per heavy atom. The number of urea groups is 1. The van der Waals surface area contributed by atoms with Crippen molar-refractivity contribution in [2.45, 2.75) is 32.1 Å². The molecule has 1 aromatic heterocycles. The number of rotatable bonds is 4. The van der Waals surface area contributed by atoms with Crippen LogP contribution < -0.4 is 21.3 Å². The molecule has 2 heterocycles. The molecule has 0 unspecified atom stereocenters. The lowest BCUT2D eigenvalue weighted by Gasteiger charge is -2.14. The van der Waals surface area contributed by atoms with Crippen LogP contribution in [0.3, 0.4) is 0 Å². The highest BCUT2D eigenvalue weighted by Gasteiger charge is 2.31. The number of carbonyl (C=O) groups excluding carboxylic acids is 5. The molecule has 0 radical (unpaired) electrons. The maximum absolute atomic E-state index is 12.7. The van der Waals surface area contributed by atoms with E-state index in [1.165, 1.54) is 35.6 Å².